The average Bonchev–Trinajstić information content (AvgIpc) is 2.78. The summed E-state index contributed by atoms with van der Waals surface area (Å²) in [6.45, 7) is 2.15. The summed E-state index contributed by atoms with van der Waals surface area (Å²) in [4.78, 5) is 0. The number of aryl methyl sites for hydroxylation is 1. The van der Waals surface area contributed by atoms with Crippen molar-refractivity contribution in [3.8, 4) is 11.8 Å². The van der Waals surface area contributed by atoms with Gasteiger partial charge in [0.25, 0.3) is 0 Å². The Labute approximate surface area is 139 Å². The molecule has 0 fully saturated rings. The third kappa shape index (κ3) is 4.37. The maximum atomic E-state index is 3.46. The largest absolute Gasteiger partial charge is 0.316 e. The molecule has 0 atom stereocenters. The zero-order valence-electron chi connectivity index (χ0n) is 12.8. The van der Waals surface area contributed by atoms with Crippen molar-refractivity contribution in [3.05, 3.63) is 70.8 Å². The van der Waals surface area contributed by atoms with E-state index in [-0.39, 0.29) is 12.4 Å². The van der Waals surface area contributed by atoms with E-state index >= 15 is 0 Å². The van der Waals surface area contributed by atoms with Gasteiger partial charge in [0, 0.05) is 12.0 Å². The monoisotopic (exact) mass is 311 g/mol. The molecule has 0 bridgehead atoms. The summed E-state index contributed by atoms with van der Waals surface area (Å²) in [5, 5.41) is 3.46. The lowest BCUT2D eigenvalue weighted by atomic mass is 9.97. The highest BCUT2D eigenvalue weighted by molar-refractivity contribution is 5.85. The maximum Gasteiger partial charge on any atom is 0.0280 e. The summed E-state index contributed by atoms with van der Waals surface area (Å²) in [5.41, 5.74) is 5.51. The summed E-state index contributed by atoms with van der Waals surface area (Å²) in [6, 6.07) is 17.1. The molecule has 2 aromatic rings. The van der Waals surface area contributed by atoms with Crippen LogP contribution < -0.4 is 5.32 Å². The molecule has 0 aromatic heterocycles. The minimum atomic E-state index is 0. The maximum absolute atomic E-state index is 3.46. The van der Waals surface area contributed by atoms with Gasteiger partial charge in [0.1, 0.15) is 0 Å². The fourth-order valence-corrected chi connectivity index (χ4v) is 2.85. The third-order valence-corrected chi connectivity index (χ3v) is 4.00. The fraction of sp³-hybridized carbons (Fsp3) is 0.300. The van der Waals surface area contributed by atoms with E-state index in [1.165, 1.54) is 22.3 Å². The molecule has 0 saturated heterocycles. The van der Waals surface area contributed by atoms with Crippen LogP contribution in [0.25, 0.3) is 0 Å². The van der Waals surface area contributed by atoms with Gasteiger partial charge in [0.15, 0.2) is 0 Å². The van der Waals surface area contributed by atoms with Crippen molar-refractivity contribution in [1.29, 1.82) is 0 Å². The van der Waals surface area contributed by atoms with Gasteiger partial charge in [-0.05, 0) is 55.1 Å². The van der Waals surface area contributed by atoms with E-state index in [1.807, 2.05) is 0 Å². The van der Waals surface area contributed by atoms with Crippen LogP contribution in [-0.2, 0) is 19.3 Å². The number of halogens is 1. The first kappa shape index (κ1) is 16.6. The molecular weight excluding hydrogens is 290 g/mol. The van der Waals surface area contributed by atoms with E-state index < -0.39 is 0 Å². The standard InChI is InChI=1S/C20H21N.ClH/c1-2-7-17(8-3-1)9-4-5-10-18-11-6-12-19-13-15-21-16-14-20(18)19;/h1-3,6-8,11-12,21H,4,9,13-16H2;1H. The minimum absolute atomic E-state index is 0. The molecule has 0 saturated carbocycles. The van der Waals surface area contributed by atoms with Gasteiger partial charge in [-0.15, -0.1) is 12.4 Å². The van der Waals surface area contributed by atoms with Gasteiger partial charge >= 0.3 is 0 Å². The first-order valence-corrected chi connectivity index (χ1v) is 7.78. The topological polar surface area (TPSA) is 12.0 Å². The van der Waals surface area contributed by atoms with Gasteiger partial charge < -0.3 is 5.32 Å². The Kier molecular flexibility index (Phi) is 6.52. The molecular formula is C20H22ClN. The molecule has 1 nitrogen and oxygen atoms in total. The smallest absolute Gasteiger partial charge is 0.0280 e. The second kappa shape index (κ2) is 8.63. The molecule has 0 radical (unpaired) electrons. The van der Waals surface area contributed by atoms with Gasteiger partial charge in [-0.2, -0.15) is 0 Å². The molecule has 0 aliphatic carbocycles. The number of nitrogens with one attached hydrogen (secondary N) is 1. The lowest BCUT2D eigenvalue weighted by Crippen LogP contribution is -2.16. The van der Waals surface area contributed by atoms with Crippen molar-refractivity contribution < 1.29 is 0 Å². The molecule has 1 aliphatic heterocycles. The number of hydrogen-bond acceptors (Lipinski definition) is 1. The molecule has 114 valence electrons. The predicted octanol–water partition coefficient (Wildman–Crippen LogP) is 3.78. The Bertz CT molecular complexity index is 652. The molecule has 1 aliphatic rings. The van der Waals surface area contributed by atoms with Crippen LogP contribution in [0, 0.1) is 11.8 Å². The van der Waals surface area contributed by atoms with Crippen LogP contribution in [0.3, 0.4) is 0 Å². The van der Waals surface area contributed by atoms with Gasteiger partial charge in [-0.1, -0.05) is 54.3 Å². The van der Waals surface area contributed by atoms with Crippen LogP contribution in [0.15, 0.2) is 48.5 Å². The van der Waals surface area contributed by atoms with Gasteiger partial charge in [-0.3, -0.25) is 0 Å². The highest BCUT2D eigenvalue weighted by Gasteiger charge is 2.09. The molecule has 2 aromatic carbocycles. The number of benzene rings is 2. The van der Waals surface area contributed by atoms with E-state index in [0.29, 0.717) is 0 Å². The van der Waals surface area contributed by atoms with Crippen molar-refractivity contribution in [3.63, 3.8) is 0 Å². The summed E-state index contributed by atoms with van der Waals surface area (Å²) in [7, 11) is 0. The summed E-state index contributed by atoms with van der Waals surface area (Å²) >= 11 is 0. The number of hydrogen-bond donors (Lipinski definition) is 1. The van der Waals surface area contributed by atoms with E-state index in [0.717, 1.165) is 38.8 Å². The molecule has 3 rings (SSSR count). The molecule has 1 N–H and O–H groups in total. The second-order valence-electron chi connectivity index (χ2n) is 5.48. The second-order valence-corrected chi connectivity index (χ2v) is 5.48. The van der Waals surface area contributed by atoms with Crippen molar-refractivity contribution in [1.82, 2.24) is 5.32 Å². The number of rotatable bonds is 2. The first-order chi connectivity index (χ1) is 10.4. The Morgan fingerprint density at radius 3 is 2.59 bits per heavy atom. The Morgan fingerprint density at radius 2 is 1.73 bits per heavy atom. The van der Waals surface area contributed by atoms with E-state index in [2.05, 4.69) is 65.7 Å². The highest BCUT2D eigenvalue weighted by Crippen LogP contribution is 2.17. The van der Waals surface area contributed by atoms with Crippen LogP contribution in [0.5, 0.6) is 0 Å². The Morgan fingerprint density at radius 1 is 0.909 bits per heavy atom. The zero-order valence-corrected chi connectivity index (χ0v) is 13.6. The van der Waals surface area contributed by atoms with Gasteiger partial charge in [0.05, 0.1) is 0 Å². The highest BCUT2D eigenvalue weighted by atomic mass is 35.5. The quantitative estimate of drug-likeness (QED) is 0.832. The normalized spacial score (nSPS) is 13.1. The SMILES string of the molecule is C(#Cc1cccc2c1CCNCC2)CCc1ccccc1.Cl. The molecule has 22 heavy (non-hydrogen) atoms. The molecule has 0 spiro atoms. The third-order valence-electron chi connectivity index (χ3n) is 4.00. The van der Waals surface area contributed by atoms with Crippen molar-refractivity contribution in [2.45, 2.75) is 25.7 Å². The fourth-order valence-electron chi connectivity index (χ4n) is 2.85. The Hall–Kier alpha value is -1.75. The van der Waals surface area contributed by atoms with Gasteiger partial charge in [-0.25, -0.2) is 0 Å². The molecule has 0 amide bonds. The summed E-state index contributed by atoms with van der Waals surface area (Å²) < 4.78 is 0. The van der Waals surface area contributed by atoms with Crippen LogP contribution in [0.1, 0.15) is 28.7 Å². The van der Waals surface area contributed by atoms with Crippen molar-refractivity contribution in [2.24, 2.45) is 0 Å². The average molecular weight is 312 g/mol. The Balaban J connectivity index is 0.00000176. The lowest BCUT2D eigenvalue weighted by molar-refractivity contribution is 0.711. The predicted molar refractivity (Wildman–Crippen MR) is 95.6 cm³/mol. The molecule has 2 heteroatoms. The summed E-state index contributed by atoms with van der Waals surface area (Å²) in [6.07, 6.45) is 4.17. The molecule has 0 unspecified atom stereocenters. The van der Waals surface area contributed by atoms with Crippen molar-refractivity contribution in [2.75, 3.05) is 13.1 Å². The zero-order chi connectivity index (χ0) is 14.3. The minimum Gasteiger partial charge on any atom is -0.316 e. The first-order valence-electron chi connectivity index (χ1n) is 7.78. The molecule has 1 heterocycles. The van der Waals surface area contributed by atoms with Crippen LogP contribution in [0.4, 0.5) is 0 Å². The van der Waals surface area contributed by atoms with Crippen LogP contribution >= 0.6 is 12.4 Å². The van der Waals surface area contributed by atoms with Crippen LogP contribution in [-0.4, -0.2) is 13.1 Å². The number of fused-ring (bicyclic) bond motifs is 1. The van der Waals surface area contributed by atoms with Gasteiger partial charge in [0.2, 0.25) is 0 Å². The summed E-state index contributed by atoms with van der Waals surface area (Å²) in [5.74, 6) is 6.74. The van der Waals surface area contributed by atoms with E-state index in [4.69, 9.17) is 0 Å². The van der Waals surface area contributed by atoms with E-state index in [9.17, 15) is 0 Å². The van der Waals surface area contributed by atoms with Crippen LogP contribution in [0.2, 0.25) is 0 Å². The van der Waals surface area contributed by atoms with E-state index in [1.54, 1.807) is 0 Å². The van der Waals surface area contributed by atoms with Crippen molar-refractivity contribution >= 4 is 12.4 Å². The lowest BCUT2D eigenvalue weighted by Gasteiger charge is -2.07.